The largest absolute Gasteiger partial charge is 0.341 e. The molecule has 0 fully saturated rings. The van der Waals surface area contributed by atoms with E-state index >= 15 is 0 Å². The highest BCUT2D eigenvalue weighted by Gasteiger charge is 2.03. The Kier molecular flexibility index (Phi) is 11.4. The molecule has 1 rings (SSSR count). The van der Waals surface area contributed by atoms with Crippen LogP contribution < -0.4 is 5.73 Å². The van der Waals surface area contributed by atoms with Crippen molar-refractivity contribution in [3.05, 3.63) is 21.1 Å². The maximum Gasteiger partial charge on any atom is 0.159 e. The summed E-state index contributed by atoms with van der Waals surface area (Å²) in [5, 5.41) is 0. The quantitative estimate of drug-likeness (QED) is 0.770. The summed E-state index contributed by atoms with van der Waals surface area (Å²) in [4.78, 5) is 4.13. The Bertz CT molecular complexity index is 324. The normalized spacial score (nSPS) is 8.13. The van der Waals surface area contributed by atoms with Gasteiger partial charge in [0.1, 0.15) is 0 Å². The fourth-order valence-electron chi connectivity index (χ4n) is 0.835. The number of nitrogens with two attached hydrogens (primary N) is 1. The molecule has 0 saturated carbocycles. The molecule has 0 aliphatic rings. The molecule has 0 aliphatic heterocycles. The fraction of sp³-hybridized carbons (Fsp3) is 0.545. The zero-order valence-corrected chi connectivity index (χ0v) is 11.9. The second kappa shape index (κ2) is 10.1. The molecule has 1 aromatic heterocycles. The Morgan fingerprint density at radius 1 is 1.40 bits per heavy atom. The Balaban J connectivity index is 0. The molecule has 0 radical (unpaired) electrons. The first-order chi connectivity index (χ1) is 7.15. The molecule has 4 heteroatoms. The lowest BCUT2D eigenvalue weighted by Crippen LogP contribution is -2.00. The molecule has 0 bridgehead atoms. The van der Waals surface area contributed by atoms with Gasteiger partial charge in [0.2, 0.25) is 0 Å². The number of aromatic amines is 1. The van der Waals surface area contributed by atoms with E-state index in [1.807, 2.05) is 34.6 Å². The molecule has 1 aromatic rings. The summed E-state index contributed by atoms with van der Waals surface area (Å²) in [5.74, 6) is 0. The second-order valence-corrected chi connectivity index (χ2v) is 3.96. The van der Waals surface area contributed by atoms with Crippen LogP contribution in [0.15, 0.2) is 6.58 Å². The van der Waals surface area contributed by atoms with Gasteiger partial charge in [-0.3, -0.25) is 0 Å². The van der Waals surface area contributed by atoms with Gasteiger partial charge in [-0.05, 0) is 24.7 Å². The van der Waals surface area contributed by atoms with Crippen molar-refractivity contribution in [3.63, 3.8) is 0 Å². The summed E-state index contributed by atoms with van der Waals surface area (Å²) in [6.07, 6.45) is 0. The molecule has 0 atom stereocenters. The van der Waals surface area contributed by atoms with Gasteiger partial charge in [-0.2, -0.15) is 0 Å². The van der Waals surface area contributed by atoms with Crippen LogP contribution in [0.1, 0.15) is 38.3 Å². The molecule has 88 valence electrons. The molecular formula is C11H22N2S2. The van der Waals surface area contributed by atoms with Crippen molar-refractivity contribution >= 4 is 29.1 Å². The molecule has 0 aliphatic carbocycles. The molecule has 0 spiro atoms. The topological polar surface area (TPSA) is 41.8 Å². The molecular weight excluding hydrogens is 224 g/mol. The van der Waals surface area contributed by atoms with Crippen LogP contribution in [0, 0.1) is 10.9 Å². The number of rotatable bonds is 2. The summed E-state index contributed by atoms with van der Waals surface area (Å²) in [5.41, 5.74) is 7.45. The smallest absolute Gasteiger partial charge is 0.159 e. The third kappa shape index (κ3) is 5.87. The van der Waals surface area contributed by atoms with Crippen molar-refractivity contribution in [3.8, 4) is 0 Å². The van der Waals surface area contributed by atoms with Gasteiger partial charge >= 0.3 is 0 Å². The van der Waals surface area contributed by atoms with Gasteiger partial charge < -0.3 is 10.7 Å². The van der Waals surface area contributed by atoms with Crippen molar-refractivity contribution in [2.45, 2.75) is 34.6 Å². The number of thiazole rings is 1. The van der Waals surface area contributed by atoms with Crippen LogP contribution in [0.25, 0.3) is 5.57 Å². The van der Waals surface area contributed by atoms with Crippen LogP contribution in [-0.4, -0.2) is 11.5 Å². The van der Waals surface area contributed by atoms with Gasteiger partial charge in [-0.15, -0.1) is 11.3 Å². The highest BCUT2D eigenvalue weighted by molar-refractivity contribution is 7.73. The van der Waals surface area contributed by atoms with E-state index in [0.29, 0.717) is 6.54 Å². The van der Waals surface area contributed by atoms with Gasteiger partial charge in [0, 0.05) is 12.2 Å². The molecule has 15 heavy (non-hydrogen) atoms. The summed E-state index contributed by atoms with van der Waals surface area (Å²) >= 11 is 6.50. The Morgan fingerprint density at radius 2 is 1.87 bits per heavy atom. The number of hydrogen-bond acceptors (Lipinski definition) is 3. The number of aromatic nitrogens is 1. The first-order valence-electron chi connectivity index (χ1n) is 5.23. The van der Waals surface area contributed by atoms with Gasteiger partial charge in [-0.25, -0.2) is 0 Å². The van der Waals surface area contributed by atoms with E-state index in [1.54, 1.807) is 0 Å². The lowest BCUT2D eigenvalue weighted by atomic mass is 10.2. The number of nitrogens with one attached hydrogen (secondary N) is 1. The van der Waals surface area contributed by atoms with Crippen LogP contribution >= 0.6 is 23.6 Å². The van der Waals surface area contributed by atoms with E-state index in [4.69, 9.17) is 18.0 Å². The Labute approximate surface area is 102 Å². The lowest BCUT2D eigenvalue weighted by molar-refractivity contribution is 1.21. The summed E-state index contributed by atoms with van der Waals surface area (Å²) in [6, 6.07) is 0. The Morgan fingerprint density at radius 3 is 2.13 bits per heavy atom. The zero-order chi connectivity index (χ0) is 12.4. The average Bonchev–Trinajstić information content (AvgIpc) is 2.62. The van der Waals surface area contributed by atoms with E-state index < -0.39 is 0 Å². The first-order valence-corrected chi connectivity index (χ1v) is 6.45. The third-order valence-electron chi connectivity index (χ3n) is 1.39. The van der Waals surface area contributed by atoms with Gasteiger partial charge in [0.15, 0.2) is 3.95 Å². The van der Waals surface area contributed by atoms with E-state index in [2.05, 4.69) is 11.6 Å². The van der Waals surface area contributed by atoms with Crippen molar-refractivity contribution in [1.29, 1.82) is 0 Å². The zero-order valence-electron chi connectivity index (χ0n) is 10.3. The second-order valence-electron chi connectivity index (χ2n) is 2.28. The summed E-state index contributed by atoms with van der Waals surface area (Å²) in [6.45, 7) is 14.3. The molecule has 0 amide bonds. The molecule has 3 N–H and O–H groups in total. The monoisotopic (exact) mass is 246 g/mol. The van der Waals surface area contributed by atoms with Crippen LogP contribution in [0.2, 0.25) is 0 Å². The highest BCUT2D eigenvalue weighted by Crippen LogP contribution is 2.21. The predicted octanol–water partition coefficient (Wildman–Crippen LogP) is 4.14. The predicted molar refractivity (Wildman–Crippen MR) is 75.0 cm³/mol. The highest BCUT2D eigenvalue weighted by atomic mass is 32.1. The molecule has 1 heterocycles. The first kappa shape index (κ1) is 17.0. The van der Waals surface area contributed by atoms with Crippen LogP contribution in [0.4, 0.5) is 0 Å². The van der Waals surface area contributed by atoms with Crippen molar-refractivity contribution in [2.75, 3.05) is 6.54 Å². The number of aryl methyl sites for hydroxylation is 1. The SMILES string of the molecule is C=C(CN)c1sc(=S)[nH]c1C.CC.CC. The maximum atomic E-state index is 5.44. The number of hydrogen-bond donors (Lipinski definition) is 2. The number of H-pyrrole nitrogens is 1. The van der Waals surface area contributed by atoms with Crippen molar-refractivity contribution in [2.24, 2.45) is 5.73 Å². The van der Waals surface area contributed by atoms with Gasteiger partial charge in [0.25, 0.3) is 0 Å². The third-order valence-corrected chi connectivity index (χ3v) is 2.83. The minimum absolute atomic E-state index is 0.490. The molecule has 2 nitrogen and oxygen atoms in total. The van der Waals surface area contributed by atoms with Crippen molar-refractivity contribution in [1.82, 2.24) is 4.98 Å². The van der Waals surface area contributed by atoms with E-state index in [9.17, 15) is 0 Å². The standard InChI is InChI=1S/C7H10N2S2.2C2H6/c1-4(3-8)6-5(2)9-7(10)11-6;2*1-2/h1,3,8H2,2H3,(H,9,10);2*1-2H3. The van der Waals surface area contributed by atoms with Crippen LogP contribution in [0.5, 0.6) is 0 Å². The minimum Gasteiger partial charge on any atom is -0.341 e. The minimum atomic E-state index is 0.490. The van der Waals surface area contributed by atoms with Crippen LogP contribution in [-0.2, 0) is 0 Å². The summed E-state index contributed by atoms with van der Waals surface area (Å²) in [7, 11) is 0. The molecule has 0 aromatic carbocycles. The average molecular weight is 246 g/mol. The van der Waals surface area contributed by atoms with Gasteiger partial charge in [-0.1, -0.05) is 34.3 Å². The van der Waals surface area contributed by atoms with E-state index in [0.717, 1.165) is 20.1 Å². The fourth-order valence-corrected chi connectivity index (χ4v) is 2.06. The molecule has 0 unspecified atom stereocenters. The lowest BCUT2D eigenvalue weighted by Gasteiger charge is -1.97. The summed E-state index contributed by atoms with van der Waals surface area (Å²) < 4.78 is 0.784. The molecule has 0 saturated heterocycles. The Hall–Kier alpha value is -0.450. The van der Waals surface area contributed by atoms with Crippen molar-refractivity contribution < 1.29 is 0 Å². The van der Waals surface area contributed by atoms with Crippen LogP contribution in [0.3, 0.4) is 0 Å². The van der Waals surface area contributed by atoms with Gasteiger partial charge in [0.05, 0.1) is 4.88 Å². The van der Waals surface area contributed by atoms with E-state index in [-0.39, 0.29) is 0 Å². The van der Waals surface area contributed by atoms with E-state index in [1.165, 1.54) is 11.3 Å². The maximum absolute atomic E-state index is 5.44.